The molecule has 1 heterocycles. The Morgan fingerprint density at radius 2 is 1.69 bits per heavy atom. The van der Waals surface area contributed by atoms with Gasteiger partial charge < -0.3 is 39.6 Å². The number of aryl methyl sites for hydroxylation is 1. The molecule has 11 heteroatoms. The van der Waals surface area contributed by atoms with Crippen LogP contribution in [0, 0.1) is 6.92 Å². The third-order valence-electron chi connectivity index (χ3n) is 7.65. The number of carbonyl (C=O) groups excluding carboxylic acids is 2. The summed E-state index contributed by atoms with van der Waals surface area (Å²) in [7, 11) is 2.96. The van der Waals surface area contributed by atoms with Gasteiger partial charge in [-0.2, -0.15) is 0 Å². The smallest absolute Gasteiger partial charge is 0.335 e. The topological polar surface area (TPSA) is 136 Å². The van der Waals surface area contributed by atoms with Gasteiger partial charge in [-0.3, -0.25) is 4.79 Å². The number of anilines is 2. The molecule has 4 rings (SSSR count). The lowest BCUT2D eigenvalue weighted by Gasteiger charge is -2.25. The second-order valence-electron chi connectivity index (χ2n) is 10.9. The molecule has 1 saturated heterocycles. The highest BCUT2D eigenvalue weighted by atomic mass is 16.5. The van der Waals surface area contributed by atoms with Crippen LogP contribution in [0.5, 0.6) is 17.2 Å². The average Bonchev–Trinajstić information content (AvgIpc) is 3.44. The summed E-state index contributed by atoms with van der Waals surface area (Å²) < 4.78 is 23.0. The Hall–Kier alpha value is -4.77. The van der Waals surface area contributed by atoms with E-state index in [0.29, 0.717) is 48.2 Å². The first-order valence-corrected chi connectivity index (χ1v) is 15.0. The summed E-state index contributed by atoms with van der Waals surface area (Å²) in [6.45, 7) is 5.24. The van der Waals surface area contributed by atoms with Gasteiger partial charge in [0.15, 0.2) is 11.5 Å². The van der Waals surface area contributed by atoms with Crippen LogP contribution in [0.25, 0.3) is 0 Å². The van der Waals surface area contributed by atoms with Gasteiger partial charge in [-0.25, -0.2) is 9.59 Å². The molecule has 0 aromatic heterocycles. The highest BCUT2D eigenvalue weighted by Gasteiger charge is 2.36. The highest BCUT2D eigenvalue weighted by Crippen LogP contribution is 2.31. The Kier molecular flexibility index (Phi) is 11.6. The number of likely N-dealkylation sites (tertiary alicyclic amines) is 1. The standard InChI is InChI=1S/C34H41N3O8/c1-5-6-15-44-26-19-25(21-45-29-14-12-24(33(39)40)18-31(29)43-4)37(20-26)32(38)17-23-11-13-28(30(16-23)42-3)36-34(41)35-27-10-8-7-9-22(27)2/h7-14,16,18,25-26H,5-6,15,17,19-21H2,1-4H3,(H,39,40)(H2,35,36,41)/t25-,26+/m0/s1. The summed E-state index contributed by atoms with van der Waals surface area (Å²) >= 11 is 0. The lowest BCUT2D eigenvalue weighted by atomic mass is 10.1. The van der Waals surface area contributed by atoms with Crippen molar-refractivity contribution in [3.63, 3.8) is 0 Å². The van der Waals surface area contributed by atoms with Crippen molar-refractivity contribution in [3.8, 4) is 17.2 Å². The molecule has 240 valence electrons. The molecular formula is C34H41N3O8. The van der Waals surface area contributed by atoms with Gasteiger partial charge in [0, 0.05) is 18.8 Å². The lowest BCUT2D eigenvalue weighted by Crippen LogP contribution is -2.40. The molecule has 45 heavy (non-hydrogen) atoms. The Balaban J connectivity index is 1.44. The summed E-state index contributed by atoms with van der Waals surface area (Å²) in [6.07, 6.45) is 2.53. The van der Waals surface area contributed by atoms with Crippen LogP contribution in [0.15, 0.2) is 60.7 Å². The van der Waals surface area contributed by atoms with Crippen molar-refractivity contribution in [2.75, 3.05) is 44.6 Å². The van der Waals surface area contributed by atoms with Crippen molar-refractivity contribution in [1.29, 1.82) is 0 Å². The molecule has 0 radical (unpaired) electrons. The molecule has 3 aromatic carbocycles. The SMILES string of the molecule is CCCCO[C@@H]1C[C@@H](COc2ccc(C(=O)O)cc2OC)N(C(=O)Cc2ccc(NC(=O)Nc3ccccc3C)c(OC)c2)C1. The van der Waals surface area contributed by atoms with Crippen LogP contribution >= 0.6 is 0 Å². The number of ether oxygens (including phenoxy) is 4. The Bertz CT molecular complexity index is 1490. The van der Waals surface area contributed by atoms with E-state index < -0.39 is 12.0 Å². The number of hydrogen-bond donors (Lipinski definition) is 3. The number of rotatable bonds is 14. The van der Waals surface area contributed by atoms with Gasteiger partial charge in [-0.15, -0.1) is 0 Å². The molecule has 2 atom stereocenters. The number of urea groups is 1. The van der Waals surface area contributed by atoms with Gasteiger partial charge >= 0.3 is 12.0 Å². The largest absolute Gasteiger partial charge is 0.495 e. The van der Waals surface area contributed by atoms with E-state index in [1.165, 1.54) is 26.4 Å². The van der Waals surface area contributed by atoms with E-state index in [4.69, 9.17) is 18.9 Å². The number of methoxy groups -OCH3 is 2. The van der Waals surface area contributed by atoms with Crippen LogP contribution in [-0.2, 0) is 16.0 Å². The molecule has 1 fully saturated rings. The molecule has 0 aliphatic carbocycles. The maximum atomic E-state index is 13.7. The number of amides is 3. The molecule has 3 N–H and O–H groups in total. The predicted octanol–water partition coefficient (Wildman–Crippen LogP) is 5.76. The molecule has 3 aromatic rings. The maximum Gasteiger partial charge on any atom is 0.335 e. The second-order valence-corrected chi connectivity index (χ2v) is 10.9. The molecule has 11 nitrogen and oxygen atoms in total. The summed E-state index contributed by atoms with van der Waals surface area (Å²) in [5, 5.41) is 14.9. The Labute approximate surface area is 263 Å². The van der Waals surface area contributed by atoms with Crippen LogP contribution < -0.4 is 24.8 Å². The lowest BCUT2D eigenvalue weighted by molar-refractivity contribution is -0.132. The molecule has 1 aliphatic rings. The predicted molar refractivity (Wildman–Crippen MR) is 171 cm³/mol. The Morgan fingerprint density at radius 1 is 0.933 bits per heavy atom. The minimum absolute atomic E-state index is 0.0878. The first kappa shape index (κ1) is 33.1. The number of carbonyl (C=O) groups is 3. The molecular weight excluding hydrogens is 578 g/mol. The molecule has 0 spiro atoms. The minimum atomic E-state index is -1.06. The fraction of sp³-hybridized carbons (Fsp3) is 0.382. The number of carboxylic acid groups (broad SMARTS) is 1. The molecule has 0 unspecified atom stereocenters. The van der Waals surface area contributed by atoms with E-state index in [1.807, 2.05) is 31.2 Å². The summed E-state index contributed by atoms with van der Waals surface area (Å²) in [5.41, 5.74) is 2.92. The molecule has 3 amide bonds. The van der Waals surface area contributed by atoms with Crippen LogP contribution in [-0.4, -0.2) is 74.0 Å². The van der Waals surface area contributed by atoms with Crippen molar-refractivity contribution in [2.24, 2.45) is 0 Å². The third kappa shape index (κ3) is 8.89. The van der Waals surface area contributed by atoms with Crippen LogP contribution in [0.2, 0.25) is 0 Å². The zero-order valence-electron chi connectivity index (χ0n) is 26.1. The Morgan fingerprint density at radius 3 is 2.40 bits per heavy atom. The van der Waals surface area contributed by atoms with Gasteiger partial charge in [0.05, 0.1) is 44.0 Å². The van der Waals surface area contributed by atoms with Gasteiger partial charge in [0.2, 0.25) is 5.91 Å². The summed E-state index contributed by atoms with van der Waals surface area (Å²) in [4.78, 5) is 39.5. The van der Waals surface area contributed by atoms with Crippen LogP contribution in [0.1, 0.15) is 47.7 Å². The number of para-hydroxylation sites is 1. The third-order valence-corrected chi connectivity index (χ3v) is 7.65. The number of nitrogens with zero attached hydrogens (tertiary/aromatic N) is 1. The van der Waals surface area contributed by atoms with E-state index in [9.17, 15) is 19.5 Å². The summed E-state index contributed by atoms with van der Waals surface area (Å²) in [6, 6.07) is 16.5. The average molecular weight is 620 g/mol. The fourth-order valence-corrected chi connectivity index (χ4v) is 5.17. The van der Waals surface area contributed by atoms with Gasteiger partial charge in [-0.1, -0.05) is 37.6 Å². The zero-order chi connectivity index (χ0) is 32.3. The number of unbranched alkanes of at least 4 members (excludes halogenated alkanes) is 1. The fourth-order valence-electron chi connectivity index (χ4n) is 5.17. The minimum Gasteiger partial charge on any atom is -0.495 e. The quantitative estimate of drug-likeness (QED) is 0.194. The maximum absolute atomic E-state index is 13.7. The van der Waals surface area contributed by atoms with E-state index in [1.54, 1.807) is 29.2 Å². The highest BCUT2D eigenvalue weighted by molar-refractivity contribution is 6.01. The van der Waals surface area contributed by atoms with Gasteiger partial charge in [-0.05, 0) is 67.3 Å². The molecule has 1 aliphatic heterocycles. The monoisotopic (exact) mass is 619 g/mol. The van der Waals surface area contributed by atoms with Crippen LogP contribution in [0.3, 0.4) is 0 Å². The number of nitrogens with one attached hydrogen (secondary N) is 2. The van der Waals surface area contributed by atoms with Crippen molar-refractivity contribution >= 4 is 29.3 Å². The first-order valence-electron chi connectivity index (χ1n) is 15.0. The zero-order valence-corrected chi connectivity index (χ0v) is 26.1. The number of hydrogen-bond acceptors (Lipinski definition) is 7. The summed E-state index contributed by atoms with van der Waals surface area (Å²) in [5.74, 6) is -0.0393. The second kappa shape index (κ2) is 15.8. The van der Waals surface area contributed by atoms with Crippen molar-refractivity contribution in [3.05, 3.63) is 77.4 Å². The van der Waals surface area contributed by atoms with Gasteiger partial charge in [0.1, 0.15) is 12.4 Å². The normalized spacial score (nSPS) is 15.8. The van der Waals surface area contributed by atoms with Crippen molar-refractivity contribution in [2.45, 2.75) is 51.7 Å². The number of aromatic carboxylic acids is 1. The van der Waals surface area contributed by atoms with Crippen LogP contribution in [0.4, 0.5) is 16.2 Å². The van der Waals surface area contributed by atoms with Crippen molar-refractivity contribution in [1.82, 2.24) is 4.90 Å². The van der Waals surface area contributed by atoms with E-state index in [2.05, 4.69) is 17.6 Å². The van der Waals surface area contributed by atoms with E-state index in [0.717, 1.165) is 24.0 Å². The first-order chi connectivity index (χ1) is 21.7. The van der Waals surface area contributed by atoms with Gasteiger partial charge in [0.25, 0.3) is 0 Å². The van der Waals surface area contributed by atoms with Crippen molar-refractivity contribution < 1.29 is 38.4 Å². The van der Waals surface area contributed by atoms with E-state index >= 15 is 0 Å². The molecule has 0 bridgehead atoms. The van der Waals surface area contributed by atoms with E-state index in [-0.39, 0.29) is 36.6 Å². The molecule has 0 saturated carbocycles. The number of benzene rings is 3. The number of carboxylic acids is 1.